The van der Waals surface area contributed by atoms with Gasteiger partial charge in [-0.05, 0) is 22.6 Å². The number of rotatable bonds is 0. The Hall–Kier alpha value is -0.650. The Labute approximate surface area is 71.3 Å². The second-order valence-corrected chi connectivity index (χ2v) is 2.93. The first-order valence-corrected chi connectivity index (χ1v) is 3.88. The van der Waals surface area contributed by atoms with Gasteiger partial charge in [-0.2, -0.15) is 0 Å². The molecular weight excluding hydrogens is 241 g/mol. The van der Waals surface area contributed by atoms with Gasteiger partial charge in [-0.15, -0.1) is 0 Å². The average Bonchev–Trinajstić information content (AvgIpc) is 2.34. The van der Waals surface area contributed by atoms with E-state index in [9.17, 15) is 0 Å². The summed E-state index contributed by atoms with van der Waals surface area (Å²) < 4.78 is 2.93. The van der Waals surface area contributed by atoms with E-state index in [4.69, 9.17) is 0 Å². The van der Waals surface area contributed by atoms with Crippen molar-refractivity contribution in [2.75, 3.05) is 0 Å². The van der Waals surface area contributed by atoms with Crippen molar-refractivity contribution in [2.45, 2.75) is 0 Å². The van der Waals surface area contributed by atoms with Crippen LogP contribution in [-0.4, -0.2) is 14.4 Å². The predicted octanol–water partition coefficient (Wildman–Crippen LogP) is 1.33. The minimum absolute atomic E-state index is 0.991. The zero-order chi connectivity index (χ0) is 6.97. The summed E-state index contributed by atoms with van der Waals surface area (Å²) in [5.41, 5.74) is 1.06. The third kappa shape index (κ3) is 0.792. The van der Waals surface area contributed by atoms with Crippen molar-refractivity contribution in [1.29, 1.82) is 0 Å². The fourth-order valence-corrected chi connectivity index (χ4v) is 1.35. The summed E-state index contributed by atoms with van der Waals surface area (Å²) in [5, 5.41) is 0. The van der Waals surface area contributed by atoms with E-state index in [0.29, 0.717) is 0 Å². The Bertz CT molecular complexity index is 355. The van der Waals surface area contributed by atoms with Crippen LogP contribution in [0.3, 0.4) is 0 Å². The van der Waals surface area contributed by atoms with Gasteiger partial charge < -0.3 is 4.40 Å². The lowest BCUT2D eigenvalue weighted by atomic mass is 10.6. The van der Waals surface area contributed by atoms with Gasteiger partial charge in [0.1, 0.15) is 10.0 Å². The average molecular weight is 245 g/mol. The van der Waals surface area contributed by atoms with Crippen LogP contribution in [0.5, 0.6) is 0 Å². The van der Waals surface area contributed by atoms with Crippen molar-refractivity contribution in [3.8, 4) is 0 Å². The van der Waals surface area contributed by atoms with Gasteiger partial charge in [0.25, 0.3) is 0 Å². The van der Waals surface area contributed by atoms with Gasteiger partial charge in [0.2, 0.25) is 0 Å². The Balaban J connectivity index is 2.93. The molecule has 4 heteroatoms. The van der Waals surface area contributed by atoms with Crippen molar-refractivity contribution in [3.63, 3.8) is 0 Å². The Morgan fingerprint density at radius 2 is 2.40 bits per heavy atom. The van der Waals surface area contributed by atoms with E-state index in [-0.39, 0.29) is 0 Å². The lowest BCUT2D eigenvalue weighted by molar-refractivity contribution is 1.11. The molecule has 0 aliphatic rings. The molecule has 2 rings (SSSR count). The number of hydrogen-bond donors (Lipinski definition) is 0. The fourth-order valence-electron chi connectivity index (χ4n) is 0.810. The molecule has 0 amide bonds. The summed E-state index contributed by atoms with van der Waals surface area (Å²) in [7, 11) is 0. The van der Waals surface area contributed by atoms with Gasteiger partial charge in [-0.1, -0.05) is 0 Å². The van der Waals surface area contributed by atoms with Gasteiger partial charge in [0.15, 0.2) is 0 Å². The van der Waals surface area contributed by atoms with E-state index < -0.39 is 0 Å². The maximum atomic E-state index is 4.11. The van der Waals surface area contributed by atoms with Crippen molar-refractivity contribution in [2.24, 2.45) is 0 Å². The molecule has 50 valence electrons. The van der Waals surface area contributed by atoms with Gasteiger partial charge in [0.05, 0.1) is 11.7 Å². The maximum Gasteiger partial charge on any atom is 0.128 e. The summed E-state index contributed by atoms with van der Waals surface area (Å²) in [6.07, 6.45) is 7.20. The van der Waals surface area contributed by atoms with Crippen LogP contribution in [0.25, 0.3) is 5.52 Å². The minimum atomic E-state index is 0.991. The van der Waals surface area contributed by atoms with Crippen LogP contribution >= 0.6 is 22.6 Å². The van der Waals surface area contributed by atoms with Crippen molar-refractivity contribution in [3.05, 3.63) is 28.6 Å². The largest absolute Gasteiger partial charge is 0.302 e. The van der Waals surface area contributed by atoms with E-state index >= 15 is 0 Å². The summed E-state index contributed by atoms with van der Waals surface area (Å²) in [6, 6.07) is 0. The summed E-state index contributed by atoms with van der Waals surface area (Å²) in [6.45, 7) is 0. The normalized spacial score (nSPS) is 10.5. The first-order chi connectivity index (χ1) is 4.88. The molecule has 10 heavy (non-hydrogen) atoms. The number of imidazole rings is 1. The van der Waals surface area contributed by atoms with Crippen LogP contribution in [0.15, 0.2) is 24.9 Å². The molecule has 0 aliphatic heterocycles. The van der Waals surface area contributed by atoms with E-state index in [1.54, 1.807) is 18.7 Å². The molecule has 2 aromatic rings. The van der Waals surface area contributed by atoms with Gasteiger partial charge in [-0.25, -0.2) is 4.98 Å². The highest BCUT2D eigenvalue weighted by molar-refractivity contribution is 14.1. The molecule has 0 spiro atoms. The molecule has 0 unspecified atom stereocenters. The van der Waals surface area contributed by atoms with Crippen molar-refractivity contribution < 1.29 is 0 Å². The summed E-state index contributed by atoms with van der Waals surface area (Å²) >= 11 is 2.18. The molecule has 0 bridgehead atoms. The van der Waals surface area contributed by atoms with Gasteiger partial charge in [-0.3, -0.25) is 4.98 Å². The summed E-state index contributed by atoms with van der Waals surface area (Å²) in [5.74, 6) is 0. The third-order valence-electron chi connectivity index (χ3n) is 1.30. The Kier molecular flexibility index (Phi) is 1.33. The number of hydrogen-bond acceptors (Lipinski definition) is 2. The first kappa shape index (κ1) is 6.09. The first-order valence-electron chi connectivity index (χ1n) is 2.80. The van der Waals surface area contributed by atoms with Crippen molar-refractivity contribution in [1.82, 2.24) is 14.4 Å². The number of nitrogens with zero attached hydrogens (tertiary/aromatic N) is 3. The molecule has 0 saturated heterocycles. The number of halogens is 1. The van der Waals surface area contributed by atoms with E-state index in [0.717, 1.165) is 9.22 Å². The highest BCUT2D eigenvalue weighted by Gasteiger charge is 1.96. The lowest BCUT2D eigenvalue weighted by Crippen LogP contribution is -1.81. The highest BCUT2D eigenvalue weighted by Crippen LogP contribution is 2.08. The minimum Gasteiger partial charge on any atom is -0.302 e. The zero-order valence-electron chi connectivity index (χ0n) is 5.03. The van der Waals surface area contributed by atoms with Crippen LogP contribution in [0.4, 0.5) is 0 Å². The van der Waals surface area contributed by atoms with Crippen LogP contribution in [0.2, 0.25) is 0 Å². The predicted molar refractivity (Wildman–Crippen MR) is 45.7 cm³/mol. The molecule has 0 aromatic carbocycles. The molecule has 0 atom stereocenters. The quantitative estimate of drug-likeness (QED) is 0.655. The van der Waals surface area contributed by atoms with Gasteiger partial charge in [0, 0.05) is 12.4 Å². The molecule has 0 aliphatic carbocycles. The molecule has 0 fully saturated rings. The maximum absolute atomic E-state index is 4.11. The molecule has 0 radical (unpaired) electrons. The van der Waals surface area contributed by atoms with E-state index in [1.165, 1.54) is 0 Å². The molecular formula is C6H4IN3. The van der Waals surface area contributed by atoms with E-state index in [2.05, 4.69) is 32.6 Å². The Morgan fingerprint density at radius 3 is 3.20 bits per heavy atom. The zero-order valence-corrected chi connectivity index (χ0v) is 7.19. The van der Waals surface area contributed by atoms with Crippen LogP contribution in [-0.2, 0) is 0 Å². The molecule has 2 heterocycles. The highest BCUT2D eigenvalue weighted by atomic mass is 127. The molecule has 0 saturated carbocycles. The van der Waals surface area contributed by atoms with Crippen LogP contribution in [0, 0.1) is 3.70 Å². The molecule has 3 nitrogen and oxygen atoms in total. The molecule has 0 N–H and O–H groups in total. The lowest BCUT2D eigenvalue weighted by Gasteiger charge is -1.88. The second-order valence-electron chi connectivity index (χ2n) is 1.90. The number of aromatic nitrogens is 3. The van der Waals surface area contributed by atoms with Crippen LogP contribution < -0.4 is 0 Å². The van der Waals surface area contributed by atoms with E-state index in [1.807, 2.05) is 10.6 Å². The number of fused-ring (bicyclic) bond motifs is 1. The fraction of sp³-hybridized carbons (Fsp3) is 0. The smallest absolute Gasteiger partial charge is 0.128 e. The van der Waals surface area contributed by atoms with Crippen molar-refractivity contribution >= 4 is 28.1 Å². The second kappa shape index (κ2) is 2.19. The topological polar surface area (TPSA) is 30.2 Å². The SMILES string of the molecule is Ic1ncn2ccncc12. The standard InChI is InChI=1S/C6H4IN3/c7-6-5-3-8-1-2-10(5)4-9-6/h1-4H. The Morgan fingerprint density at radius 1 is 1.50 bits per heavy atom. The molecule has 2 aromatic heterocycles. The van der Waals surface area contributed by atoms with Crippen LogP contribution in [0.1, 0.15) is 0 Å². The van der Waals surface area contributed by atoms with Gasteiger partial charge >= 0.3 is 0 Å². The third-order valence-corrected chi connectivity index (χ3v) is 2.13. The summed E-state index contributed by atoms with van der Waals surface area (Å²) in [4.78, 5) is 8.09. The monoisotopic (exact) mass is 245 g/mol.